The number of fused-ring (bicyclic) bond motifs is 1. The number of carbonyl (C=O) groups is 1. The van der Waals surface area contributed by atoms with Crippen molar-refractivity contribution in [3.05, 3.63) is 68.0 Å². The van der Waals surface area contributed by atoms with Crippen LogP contribution in [0.5, 0.6) is 0 Å². The highest BCUT2D eigenvalue weighted by atomic mass is 16.4. The summed E-state index contributed by atoms with van der Waals surface area (Å²) in [5, 5.41) is 9.04. The predicted octanol–water partition coefficient (Wildman–Crippen LogP) is 1.16. The van der Waals surface area contributed by atoms with Gasteiger partial charge in [-0.1, -0.05) is 24.3 Å². The maximum Gasteiger partial charge on any atom is 0.342 e. The highest BCUT2D eigenvalue weighted by Crippen LogP contribution is 2.31. The summed E-state index contributed by atoms with van der Waals surface area (Å²) in [6.45, 7) is 0. The maximum atomic E-state index is 12.0. The van der Waals surface area contributed by atoms with Gasteiger partial charge in [0.1, 0.15) is 5.56 Å². The normalized spacial score (nSPS) is 17.2. The topological polar surface area (TPSA) is 92.2 Å². The third-order valence-corrected chi connectivity index (χ3v) is 3.87. The molecule has 1 atom stereocenters. The molecule has 1 aliphatic carbocycles. The van der Waals surface area contributed by atoms with Crippen LogP contribution >= 0.6 is 0 Å². The zero-order chi connectivity index (χ0) is 15.0. The van der Waals surface area contributed by atoms with Crippen LogP contribution in [0.3, 0.4) is 0 Å². The van der Waals surface area contributed by atoms with Crippen molar-refractivity contribution in [2.75, 3.05) is 0 Å². The first-order valence-corrected chi connectivity index (χ1v) is 6.74. The third kappa shape index (κ3) is 2.29. The van der Waals surface area contributed by atoms with Gasteiger partial charge in [0.15, 0.2) is 0 Å². The lowest BCUT2D eigenvalue weighted by Crippen LogP contribution is -2.36. The zero-order valence-corrected chi connectivity index (χ0v) is 11.2. The quantitative estimate of drug-likeness (QED) is 0.866. The van der Waals surface area contributed by atoms with Crippen molar-refractivity contribution in [2.24, 2.45) is 0 Å². The van der Waals surface area contributed by atoms with Gasteiger partial charge in [-0.3, -0.25) is 14.3 Å². The van der Waals surface area contributed by atoms with Gasteiger partial charge in [-0.05, 0) is 30.4 Å². The SMILES string of the molecule is O=C(O)c1cn(C2CCCc3ccccc32)c(=O)[nH]c1=O. The van der Waals surface area contributed by atoms with E-state index in [2.05, 4.69) is 4.98 Å². The van der Waals surface area contributed by atoms with Crippen LogP contribution in [0.1, 0.15) is 40.4 Å². The second-order valence-corrected chi connectivity index (χ2v) is 5.12. The van der Waals surface area contributed by atoms with Crippen molar-refractivity contribution in [3.63, 3.8) is 0 Å². The Morgan fingerprint density at radius 3 is 2.81 bits per heavy atom. The Kier molecular flexibility index (Phi) is 3.21. The average Bonchev–Trinajstić information content (AvgIpc) is 2.46. The minimum atomic E-state index is -1.34. The highest BCUT2D eigenvalue weighted by molar-refractivity contribution is 5.86. The number of carboxylic acid groups (broad SMARTS) is 1. The molecule has 0 fully saturated rings. The number of hydrogen-bond acceptors (Lipinski definition) is 3. The molecule has 0 aliphatic heterocycles. The number of benzene rings is 1. The summed E-state index contributed by atoms with van der Waals surface area (Å²) in [4.78, 5) is 36.7. The molecule has 2 aromatic rings. The lowest BCUT2D eigenvalue weighted by Gasteiger charge is -2.27. The Morgan fingerprint density at radius 1 is 1.29 bits per heavy atom. The summed E-state index contributed by atoms with van der Waals surface area (Å²) in [6.07, 6.45) is 3.74. The van der Waals surface area contributed by atoms with Crippen LogP contribution in [0.4, 0.5) is 0 Å². The summed E-state index contributed by atoms with van der Waals surface area (Å²) in [5.41, 5.74) is 0.301. The second-order valence-electron chi connectivity index (χ2n) is 5.12. The molecule has 3 rings (SSSR count). The largest absolute Gasteiger partial charge is 0.477 e. The van der Waals surface area contributed by atoms with Gasteiger partial charge in [-0.15, -0.1) is 0 Å². The van der Waals surface area contributed by atoms with E-state index in [9.17, 15) is 14.4 Å². The van der Waals surface area contributed by atoms with Gasteiger partial charge in [0.25, 0.3) is 5.56 Å². The molecule has 108 valence electrons. The predicted molar refractivity (Wildman–Crippen MR) is 75.8 cm³/mol. The smallest absolute Gasteiger partial charge is 0.342 e. The molecule has 1 aromatic heterocycles. The van der Waals surface area contributed by atoms with Crippen molar-refractivity contribution >= 4 is 5.97 Å². The van der Waals surface area contributed by atoms with Crippen molar-refractivity contribution in [2.45, 2.75) is 25.3 Å². The highest BCUT2D eigenvalue weighted by Gasteiger charge is 2.23. The third-order valence-electron chi connectivity index (χ3n) is 3.87. The van der Waals surface area contributed by atoms with Crippen LogP contribution in [-0.4, -0.2) is 20.6 Å². The molecule has 0 bridgehead atoms. The number of nitrogens with one attached hydrogen (secondary N) is 1. The maximum absolute atomic E-state index is 12.0. The zero-order valence-electron chi connectivity index (χ0n) is 11.2. The van der Waals surface area contributed by atoms with Crippen LogP contribution in [-0.2, 0) is 6.42 Å². The van der Waals surface area contributed by atoms with E-state index in [1.165, 1.54) is 4.57 Å². The summed E-state index contributed by atoms with van der Waals surface area (Å²) in [7, 11) is 0. The van der Waals surface area contributed by atoms with E-state index in [4.69, 9.17) is 5.11 Å². The van der Waals surface area contributed by atoms with Gasteiger partial charge in [0.05, 0.1) is 6.04 Å². The summed E-state index contributed by atoms with van der Waals surface area (Å²) >= 11 is 0. The molecule has 0 radical (unpaired) electrons. The number of rotatable bonds is 2. The number of carboxylic acids is 1. The number of nitrogens with zero attached hydrogens (tertiary/aromatic N) is 1. The van der Waals surface area contributed by atoms with Crippen molar-refractivity contribution in [1.29, 1.82) is 0 Å². The first kappa shape index (κ1) is 13.4. The van der Waals surface area contributed by atoms with E-state index in [1.54, 1.807) is 0 Å². The molecule has 0 amide bonds. The van der Waals surface area contributed by atoms with Crippen LogP contribution in [0.2, 0.25) is 0 Å². The van der Waals surface area contributed by atoms with E-state index in [1.807, 2.05) is 24.3 Å². The molecule has 1 heterocycles. The summed E-state index contributed by atoms with van der Waals surface area (Å²) in [6, 6.07) is 7.55. The van der Waals surface area contributed by atoms with E-state index < -0.39 is 22.8 Å². The monoisotopic (exact) mass is 286 g/mol. The number of hydrogen-bond donors (Lipinski definition) is 2. The molecular weight excluding hydrogens is 272 g/mol. The van der Waals surface area contributed by atoms with Gasteiger partial charge >= 0.3 is 11.7 Å². The molecule has 2 N–H and O–H groups in total. The Morgan fingerprint density at radius 2 is 2.05 bits per heavy atom. The molecule has 1 aromatic carbocycles. The molecule has 0 saturated carbocycles. The fraction of sp³-hybridized carbons (Fsp3) is 0.267. The van der Waals surface area contributed by atoms with E-state index in [0.29, 0.717) is 0 Å². The Labute approximate surface area is 119 Å². The molecular formula is C15H14N2O4. The number of aryl methyl sites for hydroxylation is 1. The molecule has 0 saturated heterocycles. The molecule has 21 heavy (non-hydrogen) atoms. The van der Waals surface area contributed by atoms with Gasteiger partial charge in [-0.25, -0.2) is 9.59 Å². The lowest BCUT2D eigenvalue weighted by molar-refractivity contribution is 0.0693. The van der Waals surface area contributed by atoms with E-state index >= 15 is 0 Å². The van der Waals surface area contributed by atoms with Gasteiger partial charge < -0.3 is 5.11 Å². The van der Waals surface area contributed by atoms with Gasteiger partial charge in [0.2, 0.25) is 0 Å². The number of aromatic carboxylic acids is 1. The van der Waals surface area contributed by atoms with Crippen LogP contribution in [0.15, 0.2) is 40.1 Å². The number of aromatic nitrogens is 2. The molecule has 1 unspecified atom stereocenters. The fourth-order valence-corrected chi connectivity index (χ4v) is 2.89. The van der Waals surface area contributed by atoms with E-state index in [-0.39, 0.29) is 6.04 Å². The minimum absolute atomic E-state index is 0.239. The first-order chi connectivity index (χ1) is 10.1. The number of aromatic amines is 1. The van der Waals surface area contributed by atoms with Crippen LogP contribution < -0.4 is 11.2 Å². The van der Waals surface area contributed by atoms with Crippen LogP contribution in [0, 0.1) is 0 Å². The van der Waals surface area contributed by atoms with Gasteiger partial charge in [-0.2, -0.15) is 0 Å². The Hall–Kier alpha value is -2.63. The number of H-pyrrole nitrogens is 1. The fourth-order valence-electron chi connectivity index (χ4n) is 2.89. The molecule has 1 aliphatic rings. The van der Waals surface area contributed by atoms with Crippen molar-refractivity contribution in [3.8, 4) is 0 Å². The van der Waals surface area contributed by atoms with Crippen LogP contribution in [0.25, 0.3) is 0 Å². The van der Waals surface area contributed by atoms with E-state index in [0.717, 1.165) is 36.6 Å². The molecule has 6 heteroatoms. The summed E-state index contributed by atoms with van der Waals surface area (Å²) < 4.78 is 1.32. The first-order valence-electron chi connectivity index (χ1n) is 6.74. The summed E-state index contributed by atoms with van der Waals surface area (Å²) in [5.74, 6) is -1.34. The molecule has 0 spiro atoms. The second kappa shape index (κ2) is 5.05. The molecule has 6 nitrogen and oxygen atoms in total. The Balaban J connectivity index is 2.18. The Bertz CT molecular complexity index is 819. The van der Waals surface area contributed by atoms with Crippen molar-refractivity contribution < 1.29 is 9.90 Å². The minimum Gasteiger partial charge on any atom is -0.477 e. The van der Waals surface area contributed by atoms with Gasteiger partial charge in [0, 0.05) is 6.20 Å². The van der Waals surface area contributed by atoms with Crippen molar-refractivity contribution in [1.82, 2.24) is 9.55 Å². The average molecular weight is 286 g/mol. The lowest BCUT2D eigenvalue weighted by atomic mass is 9.87. The standard InChI is InChI=1S/C15H14N2O4/c18-13-11(14(19)20)8-17(15(21)16-13)12-7-3-5-9-4-1-2-6-10(9)12/h1-2,4,6,8,12H,3,5,7H2,(H,19,20)(H,16,18,21).